The SMILES string of the molecule is O=C(NC1CCCCCC1CO)c1cccc(N2CCCC2=O)c1. The van der Waals surface area contributed by atoms with Crippen LogP contribution < -0.4 is 10.2 Å². The molecule has 1 saturated carbocycles. The van der Waals surface area contributed by atoms with Crippen molar-refractivity contribution in [1.82, 2.24) is 5.32 Å². The number of anilines is 1. The van der Waals surface area contributed by atoms with E-state index < -0.39 is 0 Å². The highest BCUT2D eigenvalue weighted by atomic mass is 16.3. The quantitative estimate of drug-likeness (QED) is 0.833. The van der Waals surface area contributed by atoms with Crippen LogP contribution in [-0.2, 0) is 4.79 Å². The standard InChI is InChI=1S/C19H26N2O3/c22-13-15-6-2-1-3-9-17(15)20-19(24)14-7-4-8-16(12-14)21-11-5-10-18(21)23/h4,7-8,12,15,17,22H,1-3,5-6,9-11,13H2,(H,20,24). The number of carbonyl (C=O) groups is 2. The number of benzene rings is 1. The molecule has 1 aromatic rings. The molecule has 0 radical (unpaired) electrons. The second kappa shape index (κ2) is 7.79. The van der Waals surface area contributed by atoms with Crippen molar-refractivity contribution in [3.05, 3.63) is 29.8 Å². The minimum Gasteiger partial charge on any atom is -0.396 e. The van der Waals surface area contributed by atoms with Crippen molar-refractivity contribution < 1.29 is 14.7 Å². The molecule has 1 aliphatic carbocycles. The van der Waals surface area contributed by atoms with Crippen molar-refractivity contribution in [2.75, 3.05) is 18.1 Å². The molecule has 0 spiro atoms. The van der Waals surface area contributed by atoms with Crippen molar-refractivity contribution in [3.63, 3.8) is 0 Å². The summed E-state index contributed by atoms with van der Waals surface area (Å²) in [7, 11) is 0. The van der Waals surface area contributed by atoms with E-state index >= 15 is 0 Å². The number of aliphatic hydroxyl groups is 1. The summed E-state index contributed by atoms with van der Waals surface area (Å²) in [4.78, 5) is 26.3. The van der Waals surface area contributed by atoms with Gasteiger partial charge in [0.25, 0.3) is 5.91 Å². The zero-order valence-electron chi connectivity index (χ0n) is 14.0. The third-order valence-corrected chi connectivity index (χ3v) is 5.20. The van der Waals surface area contributed by atoms with Crippen LogP contribution in [0, 0.1) is 5.92 Å². The number of nitrogens with one attached hydrogen (secondary N) is 1. The first kappa shape index (κ1) is 17.0. The van der Waals surface area contributed by atoms with Gasteiger partial charge in [0.1, 0.15) is 0 Å². The monoisotopic (exact) mass is 330 g/mol. The Kier molecular flexibility index (Phi) is 5.51. The maximum Gasteiger partial charge on any atom is 0.251 e. The lowest BCUT2D eigenvalue weighted by atomic mass is 9.95. The molecule has 5 heteroatoms. The van der Waals surface area contributed by atoms with Crippen molar-refractivity contribution in [3.8, 4) is 0 Å². The number of carbonyl (C=O) groups excluding carboxylic acids is 2. The minimum absolute atomic E-state index is 0.0297. The van der Waals surface area contributed by atoms with Gasteiger partial charge >= 0.3 is 0 Å². The van der Waals surface area contributed by atoms with Gasteiger partial charge in [-0.05, 0) is 37.5 Å². The fourth-order valence-electron chi connectivity index (χ4n) is 3.78. The number of nitrogens with zero attached hydrogens (tertiary/aromatic N) is 1. The first-order valence-corrected chi connectivity index (χ1v) is 9.01. The molecule has 0 bridgehead atoms. The summed E-state index contributed by atoms with van der Waals surface area (Å²) in [6.07, 6.45) is 6.70. The Hall–Kier alpha value is -1.88. The second-order valence-electron chi connectivity index (χ2n) is 6.86. The van der Waals surface area contributed by atoms with Crippen molar-refractivity contribution in [1.29, 1.82) is 0 Å². The highest BCUT2D eigenvalue weighted by Crippen LogP contribution is 2.25. The molecular weight excluding hydrogens is 304 g/mol. The van der Waals surface area contributed by atoms with Gasteiger partial charge in [-0.2, -0.15) is 0 Å². The lowest BCUT2D eigenvalue weighted by Crippen LogP contribution is -2.41. The minimum atomic E-state index is -0.117. The Balaban J connectivity index is 1.71. The van der Waals surface area contributed by atoms with Crippen LogP contribution >= 0.6 is 0 Å². The molecule has 2 N–H and O–H groups in total. The predicted molar refractivity (Wildman–Crippen MR) is 92.9 cm³/mol. The summed E-state index contributed by atoms with van der Waals surface area (Å²) in [5.41, 5.74) is 1.37. The normalized spacial score (nSPS) is 24.7. The van der Waals surface area contributed by atoms with Crippen LogP contribution in [0.15, 0.2) is 24.3 Å². The lowest BCUT2D eigenvalue weighted by molar-refractivity contribution is -0.117. The van der Waals surface area contributed by atoms with Gasteiger partial charge in [-0.1, -0.05) is 25.3 Å². The summed E-state index contributed by atoms with van der Waals surface area (Å²) in [5, 5.41) is 12.7. The number of hydrogen-bond donors (Lipinski definition) is 2. The smallest absolute Gasteiger partial charge is 0.251 e. The summed E-state index contributed by atoms with van der Waals surface area (Å²) < 4.78 is 0. The largest absolute Gasteiger partial charge is 0.396 e. The highest BCUT2D eigenvalue weighted by Gasteiger charge is 2.26. The number of aliphatic hydroxyl groups excluding tert-OH is 1. The van der Waals surface area contributed by atoms with Crippen LogP contribution in [0.25, 0.3) is 0 Å². The molecule has 130 valence electrons. The number of rotatable bonds is 4. The van der Waals surface area contributed by atoms with E-state index in [-0.39, 0.29) is 30.4 Å². The van der Waals surface area contributed by atoms with Gasteiger partial charge in [-0.15, -0.1) is 0 Å². The van der Waals surface area contributed by atoms with E-state index in [1.54, 1.807) is 17.0 Å². The average Bonchev–Trinajstić information content (AvgIpc) is 2.90. The first-order valence-electron chi connectivity index (χ1n) is 9.01. The molecule has 0 aromatic heterocycles. The maximum absolute atomic E-state index is 12.6. The van der Waals surface area contributed by atoms with E-state index in [0.29, 0.717) is 12.0 Å². The molecule has 1 aliphatic heterocycles. The van der Waals surface area contributed by atoms with Crippen LogP contribution in [0.1, 0.15) is 55.3 Å². The number of hydrogen-bond acceptors (Lipinski definition) is 3. The molecule has 2 unspecified atom stereocenters. The first-order chi connectivity index (χ1) is 11.7. The van der Waals surface area contributed by atoms with Crippen molar-refractivity contribution in [2.24, 2.45) is 5.92 Å². The van der Waals surface area contributed by atoms with Crippen LogP contribution in [-0.4, -0.2) is 36.1 Å². The summed E-state index contributed by atoms with van der Waals surface area (Å²) in [6.45, 7) is 0.840. The third-order valence-electron chi connectivity index (χ3n) is 5.20. The molecule has 1 heterocycles. The fraction of sp³-hybridized carbons (Fsp3) is 0.579. The zero-order chi connectivity index (χ0) is 16.9. The maximum atomic E-state index is 12.6. The molecule has 24 heavy (non-hydrogen) atoms. The topological polar surface area (TPSA) is 69.6 Å². The molecule has 2 aliphatic rings. The summed E-state index contributed by atoms with van der Waals surface area (Å²) in [5.74, 6) is 0.144. The predicted octanol–water partition coefficient (Wildman–Crippen LogP) is 2.48. The summed E-state index contributed by atoms with van der Waals surface area (Å²) >= 11 is 0. The molecule has 1 saturated heterocycles. The lowest BCUT2D eigenvalue weighted by Gasteiger charge is -2.25. The van der Waals surface area contributed by atoms with E-state index in [0.717, 1.165) is 50.8 Å². The van der Waals surface area contributed by atoms with Gasteiger partial charge in [0.2, 0.25) is 5.91 Å². The van der Waals surface area contributed by atoms with Gasteiger partial charge in [-0.25, -0.2) is 0 Å². The Morgan fingerprint density at radius 2 is 2.04 bits per heavy atom. The van der Waals surface area contributed by atoms with Gasteiger partial charge in [0.05, 0.1) is 0 Å². The van der Waals surface area contributed by atoms with Crippen molar-refractivity contribution >= 4 is 17.5 Å². The van der Waals surface area contributed by atoms with E-state index in [2.05, 4.69) is 5.32 Å². The third kappa shape index (κ3) is 3.78. The van der Waals surface area contributed by atoms with Crippen LogP contribution in [0.4, 0.5) is 5.69 Å². The van der Waals surface area contributed by atoms with Crippen LogP contribution in [0.2, 0.25) is 0 Å². The number of amides is 2. The van der Waals surface area contributed by atoms with Crippen LogP contribution in [0.3, 0.4) is 0 Å². The fourth-order valence-corrected chi connectivity index (χ4v) is 3.78. The van der Waals surface area contributed by atoms with Gasteiger partial charge in [0.15, 0.2) is 0 Å². The molecular formula is C19H26N2O3. The van der Waals surface area contributed by atoms with Gasteiger partial charge < -0.3 is 15.3 Å². The molecule has 2 atom stereocenters. The Labute approximate surface area is 143 Å². The van der Waals surface area contributed by atoms with E-state index in [9.17, 15) is 14.7 Å². The van der Waals surface area contributed by atoms with Gasteiger partial charge in [-0.3, -0.25) is 9.59 Å². The second-order valence-corrected chi connectivity index (χ2v) is 6.86. The van der Waals surface area contributed by atoms with Gasteiger partial charge in [0, 0.05) is 42.8 Å². The summed E-state index contributed by atoms with van der Waals surface area (Å²) in [6, 6.07) is 7.31. The Bertz CT molecular complexity index is 602. The Morgan fingerprint density at radius 1 is 1.21 bits per heavy atom. The average molecular weight is 330 g/mol. The van der Waals surface area contributed by atoms with E-state index in [1.807, 2.05) is 12.1 Å². The Morgan fingerprint density at radius 3 is 2.79 bits per heavy atom. The molecule has 2 amide bonds. The molecule has 5 nitrogen and oxygen atoms in total. The highest BCUT2D eigenvalue weighted by molar-refractivity contribution is 5.99. The molecule has 3 rings (SSSR count). The van der Waals surface area contributed by atoms with Crippen molar-refractivity contribution in [2.45, 2.75) is 51.0 Å². The van der Waals surface area contributed by atoms with E-state index in [4.69, 9.17) is 0 Å². The molecule has 1 aromatic carbocycles. The van der Waals surface area contributed by atoms with E-state index in [1.165, 1.54) is 0 Å². The van der Waals surface area contributed by atoms with Crippen LogP contribution in [0.5, 0.6) is 0 Å². The zero-order valence-corrected chi connectivity index (χ0v) is 14.0. The molecule has 2 fully saturated rings.